The summed E-state index contributed by atoms with van der Waals surface area (Å²) in [6, 6.07) is 0. The lowest BCUT2D eigenvalue weighted by molar-refractivity contribution is -0.0344. The average molecular weight is 138 g/mol. The molecule has 10 heavy (non-hydrogen) atoms. The van der Waals surface area contributed by atoms with Gasteiger partial charge in [-0.3, -0.25) is 0 Å². The third-order valence-electron chi connectivity index (χ3n) is 2.24. The average Bonchev–Trinajstić information content (AvgIpc) is 2.05. The molecule has 0 aromatic rings. The summed E-state index contributed by atoms with van der Waals surface area (Å²) in [6.07, 6.45) is 7.19. The van der Waals surface area contributed by atoms with Crippen LogP contribution in [0.3, 0.4) is 0 Å². The third-order valence-corrected chi connectivity index (χ3v) is 2.24. The van der Waals surface area contributed by atoms with E-state index < -0.39 is 0 Å². The van der Waals surface area contributed by atoms with Gasteiger partial charge in [0.25, 0.3) is 0 Å². The van der Waals surface area contributed by atoms with Gasteiger partial charge >= 0.3 is 0 Å². The molecule has 0 amide bonds. The number of allylic oxidation sites excluding steroid dienone is 1. The Morgan fingerprint density at radius 2 is 2.20 bits per heavy atom. The Hall–Kier alpha value is -0.340. The second kappa shape index (κ2) is 2.72. The van der Waals surface area contributed by atoms with Gasteiger partial charge in [0.05, 0.1) is 6.10 Å². The highest BCUT2D eigenvalue weighted by molar-refractivity contribution is 4.96. The van der Waals surface area contributed by atoms with Gasteiger partial charge in [0, 0.05) is 12.5 Å². The molecule has 2 aliphatic rings. The molecule has 0 bridgehead atoms. The van der Waals surface area contributed by atoms with Crippen LogP contribution in [-0.4, -0.2) is 19.4 Å². The first kappa shape index (κ1) is 6.38. The van der Waals surface area contributed by atoms with E-state index >= 15 is 0 Å². The monoisotopic (exact) mass is 138 g/mol. The van der Waals surface area contributed by atoms with Gasteiger partial charge in [0.2, 0.25) is 0 Å². The molecule has 0 aromatic heterocycles. The fourth-order valence-corrected chi connectivity index (χ4v) is 1.61. The fourth-order valence-electron chi connectivity index (χ4n) is 1.61. The zero-order valence-electron chi connectivity index (χ0n) is 5.99. The predicted molar refractivity (Wildman–Crippen MR) is 38.6 cm³/mol. The number of ether oxygens (including phenoxy) is 1. The van der Waals surface area contributed by atoms with Crippen molar-refractivity contribution in [3.05, 3.63) is 12.2 Å². The topological polar surface area (TPSA) is 23.3 Å². The van der Waals surface area contributed by atoms with Gasteiger partial charge in [-0.25, -0.2) is 5.32 Å². The molecule has 0 saturated carbocycles. The maximum atomic E-state index is 5.46. The zero-order valence-corrected chi connectivity index (χ0v) is 5.99. The van der Waals surface area contributed by atoms with Gasteiger partial charge in [0.1, 0.15) is 6.73 Å². The van der Waals surface area contributed by atoms with Crippen LogP contribution in [0.5, 0.6) is 0 Å². The maximum Gasteiger partial charge on any atom is 0.112 e. The van der Waals surface area contributed by atoms with Crippen LogP contribution in [0.2, 0.25) is 0 Å². The molecule has 1 fully saturated rings. The van der Waals surface area contributed by atoms with E-state index in [9.17, 15) is 0 Å². The van der Waals surface area contributed by atoms with Crippen molar-refractivity contribution in [1.29, 1.82) is 0 Å². The van der Waals surface area contributed by atoms with E-state index in [-0.39, 0.29) is 0 Å². The van der Waals surface area contributed by atoms with Crippen LogP contribution in [-0.2, 0) is 4.74 Å². The van der Waals surface area contributed by atoms with Crippen molar-refractivity contribution in [2.45, 2.75) is 18.9 Å². The largest absolute Gasteiger partial charge is 0.361 e. The van der Waals surface area contributed by atoms with E-state index in [1.165, 1.54) is 0 Å². The molecule has 2 heteroatoms. The lowest BCUT2D eigenvalue weighted by Gasteiger charge is -2.32. The van der Waals surface area contributed by atoms with Crippen molar-refractivity contribution in [2.75, 3.05) is 13.3 Å². The Balaban J connectivity index is 2.01. The second-order valence-electron chi connectivity index (χ2n) is 2.94. The summed E-state index contributed by atoms with van der Waals surface area (Å²) in [6.45, 7) is 1.63. The highest BCUT2D eigenvalue weighted by Gasteiger charge is 2.26. The zero-order chi connectivity index (χ0) is 6.81. The Bertz CT molecular complexity index is 128. The summed E-state index contributed by atoms with van der Waals surface area (Å²) in [5.41, 5.74) is 0. The van der Waals surface area contributed by atoms with Gasteiger partial charge in [-0.05, 0) is 12.8 Å². The Kier molecular flexibility index (Phi) is 1.74. The second-order valence-corrected chi connectivity index (χ2v) is 2.94. The standard InChI is InChI=1S/C8H12NO/c1-2-4-8-7(3-1)5-9-6-10-8/h1-2,7-8H,3-6H2. The summed E-state index contributed by atoms with van der Waals surface area (Å²) >= 11 is 0. The van der Waals surface area contributed by atoms with E-state index in [4.69, 9.17) is 4.74 Å². The molecule has 2 atom stereocenters. The molecule has 2 unspecified atom stereocenters. The van der Waals surface area contributed by atoms with E-state index in [1.54, 1.807) is 0 Å². The van der Waals surface area contributed by atoms with E-state index in [0.717, 1.165) is 19.4 Å². The molecule has 1 aliphatic heterocycles. The highest BCUT2D eigenvalue weighted by Crippen LogP contribution is 2.23. The molecule has 55 valence electrons. The summed E-state index contributed by atoms with van der Waals surface area (Å²) in [5.74, 6) is 0.679. The van der Waals surface area contributed by atoms with Gasteiger partial charge in [-0.1, -0.05) is 12.2 Å². The minimum atomic E-state index is 0.475. The first-order valence-corrected chi connectivity index (χ1v) is 3.86. The quantitative estimate of drug-likeness (QED) is 0.456. The fraction of sp³-hybridized carbons (Fsp3) is 0.750. The molecule has 0 N–H and O–H groups in total. The van der Waals surface area contributed by atoms with Crippen molar-refractivity contribution in [2.24, 2.45) is 5.92 Å². The summed E-state index contributed by atoms with van der Waals surface area (Å²) < 4.78 is 5.46. The van der Waals surface area contributed by atoms with Gasteiger partial charge in [0.15, 0.2) is 0 Å². The van der Waals surface area contributed by atoms with Crippen molar-refractivity contribution in [3.63, 3.8) is 0 Å². The van der Waals surface area contributed by atoms with Crippen molar-refractivity contribution < 1.29 is 4.74 Å². The Morgan fingerprint density at radius 1 is 1.30 bits per heavy atom. The molecular weight excluding hydrogens is 126 g/mol. The smallest absolute Gasteiger partial charge is 0.112 e. The lowest BCUT2D eigenvalue weighted by Crippen LogP contribution is -2.39. The number of rotatable bonds is 0. The van der Waals surface area contributed by atoms with Crippen LogP contribution in [0.15, 0.2) is 12.2 Å². The number of hydrogen-bond donors (Lipinski definition) is 0. The van der Waals surface area contributed by atoms with E-state index in [2.05, 4.69) is 17.5 Å². The normalized spacial score (nSPS) is 39.2. The number of fused-ring (bicyclic) bond motifs is 1. The maximum absolute atomic E-state index is 5.46. The van der Waals surface area contributed by atoms with Crippen LogP contribution < -0.4 is 5.32 Å². The molecule has 2 rings (SSSR count). The summed E-state index contributed by atoms with van der Waals surface area (Å²) in [5, 5.41) is 4.21. The number of nitrogens with zero attached hydrogens (tertiary/aromatic N) is 1. The minimum absolute atomic E-state index is 0.475. The molecule has 2 nitrogen and oxygen atoms in total. The first-order valence-electron chi connectivity index (χ1n) is 3.86. The van der Waals surface area contributed by atoms with Gasteiger partial charge < -0.3 is 4.74 Å². The molecule has 0 aromatic carbocycles. The molecular formula is C8H12NO. The van der Waals surface area contributed by atoms with Crippen LogP contribution in [0.1, 0.15) is 12.8 Å². The lowest BCUT2D eigenvalue weighted by atomic mass is 9.90. The predicted octanol–water partition coefficient (Wildman–Crippen LogP) is 0.913. The summed E-state index contributed by atoms with van der Waals surface area (Å²) in [4.78, 5) is 0. The summed E-state index contributed by atoms with van der Waals surface area (Å²) in [7, 11) is 0. The van der Waals surface area contributed by atoms with Crippen LogP contribution in [0, 0.1) is 5.92 Å². The van der Waals surface area contributed by atoms with Crippen LogP contribution in [0.25, 0.3) is 0 Å². The highest BCUT2D eigenvalue weighted by atomic mass is 16.5. The van der Waals surface area contributed by atoms with E-state index in [1.807, 2.05) is 0 Å². The molecule has 1 aliphatic carbocycles. The molecule has 1 saturated heterocycles. The van der Waals surface area contributed by atoms with E-state index in [0.29, 0.717) is 18.8 Å². The van der Waals surface area contributed by atoms with Crippen molar-refractivity contribution in [3.8, 4) is 0 Å². The van der Waals surface area contributed by atoms with Gasteiger partial charge in [-0.2, -0.15) is 0 Å². The Labute approximate surface area is 61.3 Å². The van der Waals surface area contributed by atoms with Crippen molar-refractivity contribution >= 4 is 0 Å². The first-order chi connectivity index (χ1) is 4.97. The molecule has 1 heterocycles. The molecule has 1 radical (unpaired) electrons. The van der Waals surface area contributed by atoms with Gasteiger partial charge in [-0.15, -0.1) is 0 Å². The number of hydrogen-bond acceptors (Lipinski definition) is 1. The SMILES string of the molecule is C1=CCC2OC[N]CC2C1. The van der Waals surface area contributed by atoms with Crippen molar-refractivity contribution in [1.82, 2.24) is 5.32 Å². The van der Waals surface area contributed by atoms with Crippen LogP contribution in [0.4, 0.5) is 0 Å². The van der Waals surface area contributed by atoms with Crippen LogP contribution >= 0.6 is 0 Å². The minimum Gasteiger partial charge on any atom is -0.361 e. The molecule has 0 spiro atoms. The Morgan fingerprint density at radius 3 is 3.10 bits per heavy atom. The third kappa shape index (κ3) is 1.09.